The third kappa shape index (κ3) is 7.65. The standard InChI is InChI=1S/C19H33N5O.HI/c1-5-20-19(23-16(3)14-25-4)22-13-17-6-7-18(21-12-17)24-10-8-15(2)9-11-24;/h6-7,12,15-16H,5,8-11,13-14H2,1-4H3,(H2,20,22,23);1H. The molecule has 0 aliphatic carbocycles. The number of halogens is 1. The summed E-state index contributed by atoms with van der Waals surface area (Å²) >= 11 is 0. The minimum absolute atomic E-state index is 0. The average molecular weight is 475 g/mol. The summed E-state index contributed by atoms with van der Waals surface area (Å²) in [4.78, 5) is 11.7. The molecule has 148 valence electrons. The van der Waals surface area contributed by atoms with Gasteiger partial charge in [0.2, 0.25) is 0 Å². The van der Waals surface area contributed by atoms with E-state index in [1.807, 2.05) is 6.20 Å². The molecule has 0 aromatic carbocycles. The van der Waals surface area contributed by atoms with Gasteiger partial charge >= 0.3 is 0 Å². The van der Waals surface area contributed by atoms with Crippen LogP contribution in [-0.4, -0.2) is 50.3 Å². The number of nitrogens with one attached hydrogen (secondary N) is 2. The van der Waals surface area contributed by atoms with Crippen LogP contribution in [0.2, 0.25) is 0 Å². The summed E-state index contributed by atoms with van der Waals surface area (Å²) < 4.78 is 5.16. The fourth-order valence-electron chi connectivity index (χ4n) is 2.95. The quantitative estimate of drug-likeness (QED) is 0.361. The highest BCUT2D eigenvalue weighted by Crippen LogP contribution is 2.21. The largest absolute Gasteiger partial charge is 0.383 e. The lowest BCUT2D eigenvalue weighted by Gasteiger charge is -2.31. The SMILES string of the molecule is CCNC(=NCc1ccc(N2CCC(C)CC2)nc1)NC(C)COC.I. The van der Waals surface area contributed by atoms with Gasteiger partial charge in [0.05, 0.1) is 13.2 Å². The van der Waals surface area contributed by atoms with Crippen molar-refractivity contribution in [2.24, 2.45) is 10.9 Å². The molecule has 2 N–H and O–H groups in total. The predicted molar refractivity (Wildman–Crippen MR) is 120 cm³/mol. The topological polar surface area (TPSA) is 61.8 Å². The summed E-state index contributed by atoms with van der Waals surface area (Å²) in [5.41, 5.74) is 1.12. The highest BCUT2D eigenvalue weighted by Gasteiger charge is 2.16. The van der Waals surface area contributed by atoms with Crippen molar-refractivity contribution in [2.75, 3.05) is 38.3 Å². The van der Waals surface area contributed by atoms with Gasteiger partial charge in [0, 0.05) is 39.0 Å². The van der Waals surface area contributed by atoms with E-state index in [2.05, 4.69) is 58.4 Å². The Morgan fingerprint density at radius 3 is 2.69 bits per heavy atom. The second kappa shape index (κ2) is 12.3. The third-order valence-corrected chi connectivity index (χ3v) is 4.48. The van der Waals surface area contributed by atoms with E-state index in [1.165, 1.54) is 12.8 Å². The van der Waals surface area contributed by atoms with Gasteiger partial charge in [0.15, 0.2) is 5.96 Å². The van der Waals surface area contributed by atoms with Crippen LogP contribution in [0.4, 0.5) is 5.82 Å². The van der Waals surface area contributed by atoms with Crippen molar-refractivity contribution < 1.29 is 4.74 Å². The first-order valence-corrected chi connectivity index (χ1v) is 9.36. The van der Waals surface area contributed by atoms with Crippen LogP contribution >= 0.6 is 24.0 Å². The zero-order chi connectivity index (χ0) is 18.1. The fraction of sp³-hybridized carbons (Fsp3) is 0.684. The number of ether oxygens (including phenoxy) is 1. The Morgan fingerprint density at radius 1 is 1.38 bits per heavy atom. The molecule has 2 rings (SSSR count). The van der Waals surface area contributed by atoms with Gasteiger partial charge in [-0.05, 0) is 44.2 Å². The van der Waals surface area contributed by atoms with E-state index < -0.39 is 0 Å². The van der Waals surface area contributed by atoms with Gasteiger partial charge in [-0.15, -0.1) is 24.0 Å². The number of aromatic nitrogens is 1. The molecule has 1 saturated heterocycles. The Labute approximate surface area is 175 Å². The normalized spacial score (nSPS) is 16.8. The molecule has 0 bridgehead atoms. The maximum absolute atomic E-state index is 5.16. The van der Waals surface area contributed by atoms with Crippen LogP contribution < -0.4 is 15.5 Å². The molecule has 1 aliphatic rings. The molecule has 7 heteroatoms. The molecule has 1 fully saturated rings. The number of anilines is 1. The van der Waals surface area contributed by atoms with E-state index in [-0.39, 0.29) is 30.0 Å². The zero-order valence-corrected chi connectivity index (χ0v) is 18.8. The van der Waals surface area contributed by atoms with Gasteiger partial charge in [-0.3, -0.25) is 0 Å². The Kier molecular flexibility index (Phi) is 10.9. The Morgan fingerprint density at radius 2 is 2.12 bits per heavy atom. The number of hydrogen-bond acceptors (Lipinski definition) is 4. The number of rotatable bonds is 7. The summed E-state index contributed by atoms with van der Waals surface area (Å²) in [5.74, 6) is 2.72. The molecule has 0 saturated carbocycles. The predicted octanol–water partition coefficient (Wildman–Crippen LogP) is 3.03. The second-order valence-electron chi connectivity index (χ2n) is 6.89. The van der Waals surface area contributed by atoms with E-state index in [1.54, 1.807) is 7.11 Å². The summed E-state index contributed by atoms with van der Waals surface area (Å²) in [6, 6.07) is 4.46. The van der Waals surface area contributed by atoms with Crippen LogP contribution in [0.3, 0.4) is 0 Å². The molecule has 6 nitrogen and oxygen atoms in total. The van der Waals surface area contributed by atoms with Gasteiger partial charge in [0.1, 0.15) is 5.82 Å². The number of aliphatic imine (C=N–C) groups is 1. The van der Waals surface area contributed by atoms with Gasteiger partial charge in [-0.25, -0.2) is 9.98 Å². The summed E-state index contributed by atoms with van der Waals surface area (Å²) in [7, 11) is 1.71. The highest BCUT2D eigenvalue weighted by molar-refractivity contribution is 14.0. The van der Waals surface area contributed by atoms with Gasteiger partial charge in [-0.1, -0.05) is 13.0 Å². The second-order valence-corrected chi connectivity index (χ2v) is 6.89. The molecule has 26 heavy (non-hydrogen) atoms. The maximum Gasteiger partial charge on any atom is 0.191 e. The molecule has 1 atom stereocenters. The van der Waals surface area contributed by atoms with Crippen molar-refractivity contribution in [3.05, 3.63) is 23.9 Å². The number of pyridine rings is 1. The van der Waals surface area contributed by atoms with Gasteiger partial charge < -0.3 is 20.3 Å². The Bertz CT molecular complexity index is 529. The Balaban J connectivity index is 0.00000338. The van der Waals surface area contributed by atoms with Crippen LogP contribution in [0.25, 0.3) is 0 Å². The third-order valence-electron chi connectivity index (χ3n) is 4.48. The van der Waals surface area contributed by atoms with Crippen molar-refractivity contribution in [3.63, 3.8) is 0 Å². The molecule has 0 spiro atoms. The van der Waals surface area contributed by atoms with E-state index in [9.17, 15) is 0 Å². The van der Waals surface area contributed by atoms with Crippen molar-refractivity contribution in [2.45, 2.75) is 46.2 Å². The smallest absolute Gasteiger partial charge is 0.191 e. The van der Waals surface area contributed by atoms with Crippen molar-refractivity contribution in [1.82, 2.24) is 15.6 Å². The highest BCUT2D eigenvalue weighted by atomic mass is 127. The van der Waals surface area contributed by atoms with E-state index in [0.29, 0.717) is 13.2 Å². The van der Waals surface area contributed by atoms with E-state index >= 15 is 0 Å². The first kappa shape index (κ1) is 23.0. The van der Waals surface area contributed by atoms with Gasteiger partial charge in [0.25, 0.3) is 0 Å². The van der Waals surface area contributed by atoms with Crippen LogP contribution in [0.1, 0.15) is 39.2 Å². The van der Waals surface area contributed by atoms with Crippen molar-refractivity contribution in [3.8, 4) is 0 Å². The number of methoxy groups -OCH3 is 1. The van der Waals surface area contributed by atoms with Crippen molar-refractivity contribution >= 4 is 35.8 Å². The molecule has 1 aromatic rings. The number of nitrogens with zero attached hydrogens (tertiary/aromatic N) is 3. The molecule has 1 aromatic heterocycles. The van der Waals surface area contributed by atoms with Crippen LogP contribution in [0, 0.1) is 5.92 Å². The minimum atomic E-state index is 0. The number of piperidine rings is 1. The summed E-state index contributed by atoms with van der Waals surface area (Å²) in [6.45, 7) is 10.8. The molecule has 1 aliphatic heterocycles. The molecule has 0 amide bonds. The maximum atomic E-state index is 5.16. The average Bonchev–Trinajstić information content (AvgIpc) is 2.61. The number of guanidine groups is 1. The molecule has 2 heterocycles. The monoisotopic (exact) mass is 475 g/mol. The summed E-state index contributed by atoms with van der Waals surface area (Å²) in [6.07, 6.45) is 4.45. The van der Waals surface area contributed by atoms with Crippen LogP contribution in [0.15, 0.2) is 23.3 Å². The first-order chi connectivity index (χ1) is 12.1. The van der Waals surface area contributed by atoms with Crippen LogP contribution in [0.5, 0.6) is 0 Å². The summed E-state index contributed by atoms with van der Waals surface area (Å²) in [5, 5.41) is 6.61. The lowest BCUT2D eigenvalue weighted by Crippen LogP contribution is -2.43. The van der Waals surface area contributed by atoms with Gasteiger partial charge in [-0.2, -0.15) is 0 Å². The van der Waals surface area contributed by atoms with Crippen LogP contribution in [-0.2, 0) is 11.3 Å². The number of hydrogen-bond donors (Lipinski definition) is 2. The zero-order valence-electron chi connectivity index (χ0n) is 16.5. The lowest BCUT2D eigenvalue weighted by atomic mass is 9.99. The Hall–Kier alpha value is -1.09. The minimum Gasteiger partial charge on any atom is -0.383 e. The fourth-order valence-corrected chi connectivity index (χ4v) is 2.95. The lowest BCUT2D eigenvalue weighted by molar-refractivity contribution is 0.179. The molecule has 1 unspecified atom stereocenters. The van der Waals surface area contributed by atoms with E-state index in [4.69, 9.17) is 4.74 Å². The first-order valence-electron chi connectivity index (χ1n) is 9.36. The molecular weight excluding hydrogens is 441 g/mol. The molecular formula is C19H34IN5O. The van der Waals surface area contributed by atoms with E-state index in [0.717, 1.165) is 42.9 Å². The molecule has 0 radical (unpaired) electrons. The van der Waals surface area contributed by atoms with Crippen molar-refractivity contribution in [1.29, 1.82) is 0 Å².